The number of carbonyl (C=O) groups is 1. The van der Waals surface area contributed by atoms with Crippen LogP contribution >= 0.6 is 0 Å². The normalized spacial score (nSPS) is 12.5. The van der Waals surface area contributed by atoms with Crippen molar-refractivity contribution < 1.29 is 4.79 Å². The van der Waals surface area contributed by atoms with Crippen LogP contribution in [0.15, 0.2) is 91.4 Å². The SMILES string of the molecule is C/C(=C\c1ccc(-c2ccccc2)cc1)c1ccc(CC(=O)[C@@H](N)Cc2cnc[nH]2)cc1. The zero-order chi connectivity index (χ0) is 22.3. The predicted octanol–water partition coefficient (Wildman–Crippen LogP) is 5.32. The third-order valence-corrected chi connectivity index (χ3v) is 5.60. The Morgan fingerprint density at radius 2 is 1.66 bits per heavy atom. The van der Waals surface area contributed by atoms with Crippen molar-refractivity contribution in [2.45, 2.75) is 25.8 Å². The first-order valence-electron chi connectivity index (χ1n) is 10.8. The van der Waals surface area contributed by atoms with Crippen LogP contribution in [-0.4, -0.2) is 21.8 Å². The monoisotopic (exact) mass is 421 g/mol. The minimum Gasteiger partial charge on any atom is -0.348 e. The number of imidazole rings is 1. The summed E-state index contributed by atoms with van der Waals surface area (Å²) in [6.07, 6.45) is 6.28. The Bertz CT molecular complexity index is 1180. The molecule has 0 aliphatic rings. The lowest BCUT2D eigenvalue weighted by Crippen LogP contribution is -2.34. The van der Waals surface area contributed by atoms with Gasteiger partial charge in [0.1, 0.15) is 0 Å². The fourth-order valence-electron chi connectivity index (χ4n) is 3.70. The van der Waals surface area contributed by atoms with Gasteiger partial charge in [-0.1, -0.05) is 84.9 Å². The van der Waals surface area contributed by atoms with Gasteiger partial charge in [0.2, 0.25) is 0 Å². The quantitative estimate of drug-likeness (QED) is 0.378. The molecule has 160 valence electrons. The number of benzene rings is 3. The number of aromatic nitrogens is 2. The minimum absolute atomic E-state index is 0.0260. The van der Waals surface area contributed by atoms with Crippen molar-refractivity contribution in [3.8, 4) is 11.1 Å². The van der Waals surface area contributed by atoms with Crippen LogP contribution in [0.2, 0.25) is 0 Å². The molecular formula is C28H27N3O. The van der Waals surface area contributed by atoms with E-state index in [0.717, 1.165) is 22.4 Å². The van der Waals surface area contributed by atoms with Crippen molar-refractivity contribution in [3.05, 3.63) is 114 Å². The van der Waals surface area contributed by atoms with E-state index < -0.39 is 6.04 Å². The molecule has 0 aliphatic heterocycles. The molecule has 4 heteroatoms. The molecule has 0 aliphatic carbocycles. The highest BCUT2D eigenvalue weighted by atomic mass is 16.1. The second-order valence-corrected chi connectivity index (χ2v) is 8.04. The fraction of sp³-hybridized carbons (Fsp3) is 0.143. The molecule has 3 aromatic carbocycles. The van der Waals surface area contributed by atoms with Crippen LogP contribution in [0.1, 0.15) is 29.3 Å². The molecule has 0 amide bonds. The molecule has 0 saturated heterocycles. The average molecular weight is 422 g/mol. The Morgan fingerprint density at radius 3 is 2.31 bits per heavy atom. The zero-order valence-corrected chi connectivity index (χ0v) is 18.2. The summed E-state index contributed by atoms with van der Waals surface area (Å²) in [6, 6.07) is 26.6. The van der Waals surface area contributed by atoms with Crippen molar-refractivity contribution in [2.75, 3.05) is 0 Å². The van der Waals surface area contributed by atoms with E-state index in [2.05, 4.69) is 83.6 Å². The van der Waals surface area contributed by atoms with E-state index in [-0.39, 0.29) is 5.78 Å². The van der Waals surface area contributed by atoms with Gasteiger partial charge in [-0.05, 0) is 40.3 Å². The van der Waals surface area contributed by atoms with Crippen molar-refractivity contribution in [1.82, 2.24) is 9.97 Å². The van der Waals surface area contributed by atoms with Crippen LogP contribution in [0.3, 0.4) is 0 Å². The van der Waals surface area contributed by atoms with E-state index in [1.54, 1.807) is 12.5 Å². The number of ketones is 1. The predicted molar refractivity (Wildman–Crippen MR) is 131 cm³/mol. The molecular weight excluding hydrogens is 394 g/mol. The van der Waals surface area contributed by atoms with Gasteiger partial charge in [0.25, 0.3) is 0 Å². The van der Waals surface area contributed by atoms with Crippen LogP contribution in [0.25, 0.3) is 22.8 Å². The molecule has 0 bridgehead atoms. The Labute approximate surface area is 188 Å². The van der Waals surface area contributed by atoms with E-state index in [4.69, 9.17) is 5.73 Å². The first-order chi connectivity index (χ1) is 15.6. The maximum absolute atomic E-state index is 12.5. The molecule has 1 atom stereocenters. The largest absolute Gasteiger partial charge is 0.348 e. The van der Waals surface area contributed by atoms with Crippen LogP contribution < -0.4 is 5.73 Å². The number of aromatic amines is 1. The van der Waals surface area contributed by atoms with Gasteiger partial charge in [-0.3, -0.25) is 4.79 Å². The lowest BCUT2D eigenvalue weighted by molar-refractivity contribution is -0.119. The molecule has 32 heavy (non-hydrogen) atoms. The number of nitrogens with zero attached hydrogens (tertiary/aromatic N) is 1. The zero-order valence-electron chi connectivity index (χ0n) is 18.2. The minimum atomic E-state index is -0.532. The van der Waals surface area contributed by atoms with Crippen LogP contribution in [0.5, 0.6) is 0 Å². The first-order valence-corrected chi connectivity index (χ1v) is 10.8. The number of hydrogen-bond acceptors (Lipinski definition) is 3. The standard InChI is InChI=1S/C28H27N3O/c1-20(15-21-9-13-25(14-10-21)24-5-3-2-4-6-24)23-11-7-22(8-12-23)16-28(32)27(29)17-26-18-30-19-31-26/h2-15,18-19,27H,16-17,29H2,1H3,(H,30,31)/b20-15+/t27-/m0/s1. The maximum atomic E-state index is 12.5. The summed E-state index contributed by atoms with van der Waals surface area (Å²) in [4.78, 5) is 19.4. The topological polar surface area (TPSA) is 71.8 Å². The Kier molecular flexibility index (Phi) is 6.73. The lowest BCUT2D eigenvalue weighted by atomic mass is 9.98. The lowest BCUT2D eigenvalue weighted by Gasteiger charge is -2.10. The summed E-state index contributed by atoms with van der Waals surface area (Å²) in [5, 5.41) is 0. The molecule has 4 rings (SSSR count). The van der Waals surface area contributed by atoms with Crippen molar-refractivity contribution in [3.63, 3.8) is 0 Å². The third-order valence-electron chi connectivity index (χ3n) is 5.60. The smallest absolute Gasteiger partial charge is 0.154 e. The van der Waals surface area contributed by atoms with E-state index in [9.17, 15) is 4.79 Å². The molecule has 0 unspecified atom stereocenters. The molecule has 4 nitrogen and oxygen atoms in total. The summed E-state index contributed by atoms with van der Waals surface area (Å²) < 4.78 is 0. The highest BCUT2D eigenvalue weighted by Gasteiger charge is 2.15. The van der Waals surface area contributed by atoms with Gasteiger partial charge >= 0.3 is 0 Å². The van der Waals surface area contributed by atoms with Crippen LogP contribution in [0, 0.1) is 0 Å². The van der Waals surface area contributed by atoms with Gasteiger partial charge < -0.3 is 10.7 Å². The summed E-state index contributed by atoms with van der Waals surface area (Å²) in [5.74, 6) is 0.0260. The molecule has 0 spiro atoms. The Balaban J connectivity index is 1.38. The number of allylic oxidation sites excluding steroid dienone is 1. The maximum Gasteiger partial charge on any atom is 0.154 e. The number of rotatable bonds is 8. The van der Waals surface area contributed by atoms with Gasteiger partial charge in [-0.2, -0.15) is 0 Å². The van der Waals surface area contributed by atoms with E-state index in [1.165, 1.54) is 16.7 Å². The van der Waals surface area contributed by atoms with E-state index in [0.29, 0.717) is 12.8 Å². The number of Topliss-reactive ketones (excluding diaryl/α,β-unsaturated/α-hetero) is 1. The third kappa shape index (κ3) is 5.48. The van der Waals surface area contributed by atoms with Gasteiger partial charge in [0.15, 0.2) is 5.78 Å². The summed E-state index contributed by atoms with van der Waals surface area (Å²) in [7, 11) is 0. The molecule has 0 radical (unpaired) electrons. The second kappa shape index (κ2) is 10.0. The highest BCUT2D eigenvalue weighted by Crippen LogP contribution is 2.22. The molecule has 0 saturated carbocycles. The van der Waals surface area contributed by atoms with Crippen molar-refractivity contribution in [1.29, 1.82) is 0 Å². The first kappa shape index (κ1) is 21.5. The molecule has 3 N–H and O–H groups in total. The number of H-pyrrole nitrogens is 1. The molecule has 4 aromatic rings. The summed E-state index contributed by atoms with van der Waals surface area (Å²) in [6.45, 7) is 2.10. The molecule has 1 heterocycles. The summed E-state index contributed by atoms with van der Waals surface area (Å²) in [5.41, 5.74) is 13.8. The highest BCUT2D eigenvalue weighted by molar-refractivity contribution is 5.86. The fourth-order valence-corrected chi connectivity index (χ4v) is 3.70. The van der Waals surface area contributed by atoms with Crippen molar-refractivity contribution in [2.24, 2.45) is 5.73 Å². The van der Waals surface area contributed by atoms with E-state index in [1.807, 2.05) is 18.2 Å². The van der Waals surface area contributed by atoms with E-state index >= 15 is 0 Å². The number of carbonyl (C=O) groups excluding carboxylic acids is 1. The van der Waals surface area contributed by atoms with Crippen LogP contribution in [-0.2, 0) is 17.6 Å². The second-order valence-electron chi connectivity index (χ2n) is 8.04. The average Bonchev–Trinajstić information content (AvgIpc) is 3.33. The number of nitrogens with two attached hydrogens (primary N) is 1. The van der Waals surface area contributed by atoms with Gasteiger partial charge in [-0.15, -0.1) is 0 Å². The summed E-state index contributed by atoms with van der Waals surface area (Å²) >= 11 is 0. The molecule has 1 aromatic heterocycles. The Morgan fingerprint density at radius 1 is 0.969 bits per heavy atom. The van der Waals surface area contributed by atoms with Crippen LogP contribution in [0.4, 0.5) is 0 Å². The van der Waals surface area contributed by atoms with Gasteiger partial charge in [0, 0.05) is 24.7 Å². The Hall–Kier alpha value is -3.76. The number of nitrogens with one attached hydrogen (secondary N) is 1. The number of hydrogen-bond donors (Lipinski definition) is 2. The van der Waals surface area contributed by atoms with Gasteiger partial charge in [0.05, 0.1) is 12.4 Å². The van der Waals surface area contributed by atoms with Crippen molar-refractivity contribution >= 4 is 17.4 Å². The van der Waals surface area contributed by atoms with Gasteiger partial charge in [-0.25, -0.2) is 4.98 Å². The molecule has 0 fully saturated rings.